The average molecular weight is 672 g/mol. The van der Waals surface area contributed by atoms with E-state index in [9.17, 15) is 18.8 Å². The second-order valence-corrected chi connectivity index (χ2v) is 13.4. The maximum Gasteiger partial charge on any atom is 0.255 e. The Morgan fingerprint density at radius 2 is 1.76 bits per heavy atom. The summed E-state index contributed by atoms with van der Waals surface area (Å²) >= 11 is 0. The van der Waals surface area contributed by atoms with Crippen molar-refractivity contribution in [3.63, 3.8) is 0 Å². The van der Waals surface area contributed by atoms with Gasteiger partial charge in [-0.05, 0) is 85.0 Å². The quantitative estimate of drug-likeness (QED) is 0.243. The molecule has 0 radical (unpaired) electrons. The second kappa shape index (κ2) is 11.9. The third-order valence-electron chi connectivity index (χ3n) is 10.2. The molecule has 2 N–H and O–H groups in total. The molecule has 4 aliphatic rings. The van der Waals surface area contributed by atoms with Crippen molar-refractivity contribution in [1.29, 1.82) is 0 Å². The minimum absolute atomic E-state index is 0.0591. The molecule has 2 aromatic carbocycles. The summed E-state index contributed by atoms with van der Waals surface area (Å²) in [6, 6.07) is 22.0. The number of fused-ring (bicyclic) bond motifs is 2. The Labute approximate surface area is 286 Å². The van der Waals surface area contributed by atoms with E-state index < -0.39 is 11.9 Å². The van der Waals surface area contributed by atoms with Crippen LogP contribution in [0.5, 0.6) is 0 Å². The molecule has 0 spiro atoms. The van der Waals surface area contributed by atoms with Gasteiger partial charge < -0.3 is 20.0 Å². The first-order valence-electron chi connectivity index (χ1n) is 17.0. The molecular formula is C37H34FN9O3. The zero-order valence-electron chi connectivity index (χ0n) is 27.1. The highest BCUT2D eigenvalue weighted by Gasteiger charge is 2.39. The zero-order valence-corrected chi connectivity index (χ0v) is 27.1. The number of anilines is 3. The van der Waals surface area contributed by atoms with Crippen LogP contribution in [-0.4, -0.2) is 73.9 Å². The molecule has 0 bridgehead atoms. The van der Waals surface area contributed by atoms with Crippen molar-refractivity contribution in [2.24, 2.45) is 0 Å². The van der Waals surface area contributed by atoms with Gasteiger partial charge in [-0.2, -0.15) is 0 Å². The predicted octanol–water partition coefficient (Wildman–Crippen LogP) is 4.33. The molecule has 9 rings (SSSR count). The number of imide groups is 1. The number of piperidine rings is 1. The normalized spacial score (nSPS) is 20.7. The molecule has 3 saturated heterocycles. The molecular weight excluding hydrogens is 637 g/mol. The van der Waals surface area contributed by atoms with E-state index >= 15 is 0 Å². The van der Waals surface area contributed by atoms with Crippen LogP contribution in [0.4, 0.5) is 21.7 Å². The van der Waals surface area contributed by atoms with Crippen LogP contribution in [0.3, 0.4) is 0 Å². The van der Waals surface area contributed by atoms with Gasteiger partial charge in [0.15, 0.2) is 5.65 Å². The summed E-state index contributed by atoms with van der Waals surface area (Å²) in [4.78, 5) is 52.7. The van der Waals surface area contributed by atoms with Crippen LogP contribution in [0, 0.1) is 5.82 Å². The number of hydrogen-bond donors (Lipinski definition) is 2. The first-order valence-corrected chi connectivity index (χ1v) is 17.0. The van der Waals surface area contributed by atoms with Crippen molar-refractivity contribution < 1.29 is 18.8 Å². The highest BCUT2D eigenvalue weighted by Crippen LogP contribution is 2.36. The number of nitrogens with zero attached hydrogens (tertiary/aromatic N) is 7. The first kappa shape index (κ1) is 30.2. The summed E-state index contributed by atoms with van der Waals surface area (Å²) in [5.41, 5.74) is 5.61. The van der Waals surface area contributed by atoms with Crippen LogP contribution in [0.15, 0.2) is 79.0 Å². The molecule has 3 aromatic heterocycles. The molecule has 2 atom stereocenters. The molecule has 0 saturated carbocycles. The van der Waals surface area contributed by atoms with Crippen molar-refractivity contribution in [1.82, 2.24) is 29.8 Å². The number of nitrogens with one attached hydrogen (secondary N) is 2. The van der Waals surface area contributed by atoms with Crippen LogP contribution in [0.1, 0.15) is 53.2 Å². The number of carbonyl (C=O) groups is 3. The van der Waals surface area contributed by atoms with Gasteiger partial charge in [-0.25, -0.2) is 18.9 Å². The van der Waals surface area contributed by atoms with Gasteiger partial charge in [-0.15, -0.1) is 5.10 Å². The van der Waals surface area contributed by atoms with Gasteiger partial charge in [0.05, 0.1) is 24.0 Å². The zero-order chi connectivity index (χ0) is 33.9. The summed E-state index contributed by atoms with van der Waals surface area (Å²) in [5, 5.41) is 10.9. The Bertz CT molecular complexity index is 2180. The van der Waals surface area contributed by atoms with Crippen LogP contribution in [0.2, 0.25) is 0 Å². The number of hydrogen-bond acceptors (Lipinski definition) is 9. The van der Waals surface area contributed by atoms with Crippen molar-refractivity contribution in [2.75, 3.05) is 34.8 Å². The molecule has 12 nitrogen and oxygen atoms in total. The average Bonchev–Trinajstić information content (AvgIpc) is 3.84. The van der Waals surface area contributed by atoms with Crippen molar-refractivity contribution >= 4 is 40.7 Å². The number of aromatic nitrogens is 4. The summed E-state index contributed by atoms with van der Waals surface area (Å²) in [6.07, 6.45) is 4.31. The lowest BCUT2D eigenvalue weighted by Gasteiger charge is -2.41. The number of amides is 3. The predicted molar refractivity (Wildman–Crippen MR) is 184 cm³/mol. The van der Waals surface area contributed by atoms with E-state index in [2.05, 4.69) is 25.4 Å². The summed E-state index contributed by atoms with van der Waals surface area (Å²) < 4.78 is 15.9. The van der Waals surface area contributed by atoms with E-state index in [0.717, 1.165) is 78.0 Å². The monoisotopic (exact) mass is 671 g/mol. The number of benzene rings is 2. The van der Waals surface area contributed by atoms with Gasteiger partial charge in [-0.3, -0.25) is 19.7 Å². The molecule has 3 amide bonds. The van der Waals surface area contributed by atoms with E-state index in [0.29, 0.717) is 18.5 Å². The number of imidazole rings is 1. The molecule has 5 aromatic rings. The van der Waals surface area contributed by atoms with Gasteiger partial charge in [0, 0.05) is 43.9 Å². The first-order chi connectivity index (χ1) is 24.4. The third kappa shape index (κ3) is 5.29. The maximum atomic E-state index is 14.0. The minimum atomic E-state index is -0.630. The lowest BCUT2D eigenvalue weighted by atomic mass is 10.0. The Hall–Kier alpha value is -5.85. The van der Waals surface area contributed by atoms with Crippen molar-refractivity contribution in [2.45, 2.75) is 50.4 Å². The van der Waals surface area contributed by atoms with E-state index in [1.54, 1.807) is 23.2 Å². The van der Waals surface area contributed by atoms with E-state index in [1.165, 1.54) is 6.07 Å². The Morgan fingerprint density at radius 1 is 0.880 bits per heavy atom. The molecule has 2 unspecified atom stereocenters. The van der Waals surface area contributed by atoms with Crippen LogP contribution >= 0.6 is 0 Å². The fraction of sp³-hybridized carbons (Fsp3) is 0.297. The van der Waals surface area contributed by atoms with E-state index in [4.69, 9.17) is 10.1 Å². The second-order valence-electron chi connectivity index (χ2n) is 13.4. The smallest absolute Gasteiger partial charge is 0.255 e. The number of pyridine rings is 1. The number of rotatable bonds is 7. The molecule has 50 heavy (non-hydrogen) atoms. The van der Waals surface area contributed by atoms with Gasteiger partial charge in [0.2, 0.25) is 11.8 Å². The summed E-state index contributed by atoms with van der Waals surface area (Å²) in [5.74, 6) is 0.561. The fourth-order valence-electron chi connectivity index (χ4n) is 7.69. The van der Waals surface area contributed by atoms with Crippen molar-refractivity contribution in [3.05, 3.63) is 102 Å². The Morgan fingerprint density at radius 3 is 2.62 bits per heavy atom. The number of carbonyl (C=O) groups excluding carboxylic acids is 3. The Kier molecular flexibility index (Phi) is 7.21. The fourth-order valence-corrected chi connectivity index (χ4v) is 7.69. The highest BCUT2D eigenvalue weighted by atomic mass is 19.1. The van der Waals surface area contributed by atoms with Crippen LogP contribution in [-0.2, 0) is 16.1 Å². The topological polar surface area (TPSA) is 128 Å². The largest absolute Gasteiger partial charge is 0.379 e. The van der Waals surface area contributed by atoms with Gasteiger partial charge >= 0.3 is 0 Å². The van der Waals surface area contributed by atoms with Crippen LogP contribution < -0.4 is 20.4 Å². The SMILES string of the molecule is O=C1CCC(N2Cc3cc(NC4CN(c5cccc(-c6cnc7ccc(N8CCCC8c8cccc(F)c8)nn67)n5)C4)ccc3C2=O)C(=O)N1. The van der Waals surface area contributed by atoms with Crippen molar-refractivity contribution in [3.8, 4) is 11.4 Å². The molecule has 4 aliphatic heterocycles. The maximum absolute atomic E-state index is 14.0. The molecule has 3 fully saturated rings. The van der Waals surface area contributed by atoms with E-state index in [1.807, 2.05) is 59.1 Å². The molecule has 13 heteroatoms. The van der Waals surface area contributed by atoms with E-state index in [-0.39, 0.29) is 36.1 Å². The lowest BCUT2D eigenvalue weighted by Crippen LogP contribution is -2.55. The Balaban J connectivity index is 0.876. The minimum Gasteiger partial charge on any atom is -0.379 e. The lowest BCUT2D eigenvalue weighted by molar-refractivity contribution is -0.136. The van der Waals surface area contributed by atoms with Gasteiger partial charge in [0.1, 0.15) is 29.2 Å². The summed E-state index contributed by atoms with van der Waals surface area (Å²) in [6.45, 7) is 2.68. The number of halogens is 1. The third-order valence-corrected chi connectivity index (χ3v) is 10.2. The highest BCUT2D eigenvalue weighted by molar-refractivity contribution is 6.05. The standard InChI is InChI=1S/C37H34FN9O3/c38-24-5-1-4-22(16-24)29-7-3-15-45(29)34-13-12-32-39-18-31(47(32)43-34)28-6-2-8-33(41-28)44-20-26(21-44)40-25-9-10-27-23(17-25)19-46(37(27)50)30-11-14-35(48)42-36(30)49/h1-2,4-6,8-10,12-13,16-18,26,29-30,40H,3,7,11,14-15,19-21H2,(H,42,48,49). The molecule has 0 aliphatic carbocycles. The molecule has 7 heterocycles. The van der Waals surface area contributed by atoms with Crippen LogP contribution in [0.25, 0.3) is 17.0 Å². The summed E-state index contributed by atoms with van der Waals surface area (Å²) in [7, 11) is 0. The van der Waals surface area contributed by atoms with Gasteiger partial charge in [-0.1, -0.05) is 18.2 Å². The van der Waals surface area contributed by atoms with Gasteiger partial charge in [0.25, 0.3) is 5.91 Å². The molecule has 252 valence electrons.